The second-order valence-corrected chi connectivity index (χ2v) is 5.69. The van der Waals surface area contributed by atoms with Gasteiger partial charge in [0, 0.05) is 31.9 Å². The minimum atomic E-state index is -0.416. The summed E-state index contributed by atoms with van der Waals surface area (Å²) in [7, 11) is 0. The lowest BCUT2D eigenvalue weighted by molar-refractivity contribution is -0.137. The monoisotopic (exact) mass is 343 g/mol. The highest BCUT2D eigenvalue weighted by molar-refractivity contribution is 6.42. The van der Waals surface area contributed by atoms with Gasteiger partial charge in [0.05, 0.1) is 10.0 Å². The van der Waals surface area contributed by atoms with Crippen LogP contribution in [0.1, 0.15) is 6.42 Å². The third-order valence-electron chi connectivity index (χ3n) is 3.33. The number of carbonyl (C=O) groups is 3. The summed E-state index contributed by atoms with van der Waals surface area (Å²) < 4.78 is 0. The molecular formula is C14H15Cl2N3O3. The fourth-order valence-electron chi connectivity index (χ4n) is 2.10. The molecule has 22 heavy (non-hydrogen) atoms. The zero-order valence-corrected chi connectivity index (χ0v) is 13.2. The second kappa shape index (κ2) is 7.47. The molecule has 1 aromatic rings. The predicted octanol–water partition coefficient (Wildman–Crippen LogP) is 1.62. The first-order chi connectivity index (χ1) is 10.5. The van der Waals surface area contributed by atoms with Crippen molar-refractivity contribution in [3.8, 4) is 0 Å². The Morgan fingerprint density at radius 2 is 1.82 bits per heavy atom. The Bertz CT molecular complexity index is 587. The Balaban J connectivity index is 1.85. The highest BCUT2D eigenvalue weighted by Gasteiger charge is 2.22. The van der Waals surface area contributed by atoms with Crippen molar-refractivity contribution < 1.29 is 14.4 Å². The van der Waals surface area contributed by atoms with Crippen LogP contribution in [0, 0.1) is 0 Å². The first-order valence-electron chi connectivity index (χ1n) is 6.71. The fraction of sp³-hybridized carbons (Fsp3) is 0.357. The van der Waals surface area contributed by atoms with Crippen molar-refractivity contribution in [1.82, 2.24) is 9.80 Å². The number of nitrogens with zero attached hydrogens (tertiary/aromatic N) is 2. The van der Waals surface area contributed by atoms with E-state index in [-0.39, 0.29) is 12.3 Å². The number of nitrogens with one attached hydrogen (secondary N) is 1. The van der Waals surface area contributed by atoms with Crippen molar-refractivity contribution in [2.45, 2.75) is 6.42 Å². The molecule has 0 radical (unpaired) electrons. The van der Waals surface area contributed by atoms with Crippen molar-refractivity contribution >= 4 is 47.1 Å². The van der Waals surface area contributed by atoms with Crippen LogP contribution in [-0.2, 0) is 14.4 Å². The summed E-state index contributed by atoms with van der Waals surface area (Å²) in [6, 6.07) is 4.70. The highest BCUT2D eigenvalue weighted by Crippen LogP contribution is 2.25. The Labute approximate surface area is 138 Å². The lowest BCUT2D eigenvalue weighted by Crippen LogP contribution is -2.48. The van der Waals surface area contributed by atoms with Crippen LogP contribution in [0.5, 0.6) is 0 Å². The van der Waals surface area contributed by atoms with Gasteiger partial charge in [-0.2, -0.15) is 0 Å². The lowest BCUT2D eigenvalue weighted by atomic mass is 10.2. The number of benzene rings is 1. The number of carbonyl (C=O) groups excluding carboxylic acids is 3. The average Bonchev–Trinajstić information content (AvgIpc) is 2.51. The molecule has 1 N–H and O–H groups in total. The van der Waals surface area contributed by atoms with Crippen molar-refractivity contribution in [2.24, 2.45) is 0 Å². The number of amides is 3. The summed E-state index contributed by atoms with van der Waals surface area (Å²) in [6.45, 7) is 1.86. The van der Waals surface area contributed by atoms with Crippen LogP contribution in [0.4, 0.5) is 5.69 Å². The molecule has 1 heterocycles. The zero-order chi connectivity index (χ0) is 16.1. The van der Waals surface area contributed by atoms with Crippen molar-refractivity contribution in [3.05, 3.63) is 28.2 Å². The maximum absolute atomic E-state index is 12.0. The topological polar surface area (TPSA) is 69.7 Å². The van der Waals surface area contributed by atoms with E-state index < -0.39 is 5.91 Å². The molecule has 0 spiro atoms. The Morgan fingerprint density at radius 1 is 1.14 bits per heavy atom. The molecule has 1 aromatic carbocycles. The quantitative estimate of drug-likeness (QED) is 0.667. The van der Waals surface area contributed by atoms with Gasteiger partial charge in [-0.25, -0.2) is 0 Å². The summed E-state index contributed by atoms with van der Waals surface area (Å²) in [6.07, 6.45) is 0.514. The molecule has 1 saturated heterocycles. The van der Waals surface area contributed by atoms with Gasteiger partial charge in [0.15, 0.2) is 0 Å². The van der Waals surface area contributed by atoms with Gasteiger partial charge in [-0.15, -0.1) is 0 Å². The molecule has 0 saturated carbocycles. The van der Waals surface area contributed by atoms with Crippen LogP contribution >= 0.6 is 23.2 Å². The lowest BCUT2D eigenvalue weighted by Gasteiger charge is -2.32. The van der Waals surface area contributed by atoms with Crippen molar-refractivity contribution in [2.75, 3.05) is 31.5 Å². The minimum absolute atomic E-state index is 0.249. The van der Waals surface area contributed by atoms with E-state index in [0.29, 0.717) is 41.9 Å². The average molecular weight is 344 g/mol. The number of hydrogen-bond acceptors (Lipinski definition) is 3. The summed E-state index contributed by atoms with van der Waals surface area (Å²) in [5.41, 5.74) is 0.484. The molecule has 0 atom stereocenters. The normalized spacial score (nSPS) is 14.6. The number of rotatable bonds is 4. The van der Waals surface area contributed by atoms with E-state index in [0.717, 1.165) is 6.41 Å². The van der Waals surface area contributed by atoms with Gasteiger partial charge in [-0.1, -0.05) is 23.2 Å². The number of anilines is 1. The minimum Gasteiger partial charge on any atom is -0.342 e. The fourth-order valence-corrected chi connectivity index (χ4v) is 2.40. The van der Waals surface area contributed by atoms with Crippen LogP contribution in [0.25, 0.3) is 0 Å². The first kappa shape index (κ1) is 16.6. The van der Waals surface area contributed by atoms with E-state index >= 15 is 0 Å². The maximum Gasteiger partial charge on any atom is 0.233 e. The molecule has 1 aliphatic rings. The molecule has 0 aromatic heterocycles. The van der Waals surface area contributed by atoms with Gasteiger partial charge in [-0.3, -0.25) is 14.4 Å². The van der Waals surface area contributed by atoms with Crippen molar-refractivity contribution in [3.63, 3.8) is 0 Å². The number of halogens is 2. The predicted molar refractivity (Wildman–Crippen MR) is 83.9 cm³/mol. The molecule has 8 heteroatoms. The van der Waals surface area contributed by atoms with E-state index in [4.69, 9.17) is 23.2 Å². The largest absolute Gasteiger partial charge is 0.342 e. The molecule has 2 rings (SSSR count). The molecule has 6 nitrogen and oxygen atoms in total. The standard InChI is InChI=1S/C14H15Cl2N3O3/c15-11-2-1-10(7-12(11)16)17-13(21)8-14(22)19-5-3-18(9-20)4-6-19/h1-2,7,9H,3-6,8H2,(H,17,21). The Morgan fingerprint density at radius 3 is 2.41 bits per heavy atom. The Kier molecular flexibility index (Phi) is 5.63. The Hall–Kier alpha value is -1.79. The first-order valence-corrected chi connectivity index (χ1v) is 7.47. The van der Waals surface area contributed by atoms with E-state index in [1.54, 1.807) is 21.9 Å². The van der Waals surface area contributed by atoms with E-state index in [2.05, 4.69) is 5.32 Å². The van der Waals surface area contributed by atoms with Gasteiger partial charge < -0.3 is 15.1 Å². The van der Waals surface area contributed by atoms with Crippen LogP contribution in [0.15, 0.2) is 18.2 Å². The smallest absolute Gasteiger partial charge is 0.233 e. The SMILES string of the molecule is O=CN1CCN(C(=O)CC(=O)Nc2ccc(Cl)c(Cl)c2)CC1. The van der Waals surface area contributed by atoms with E-state index in [1.807, 2.05) is 0 Å². The van der Waals surface area contributed by atoms with Crippen molar-refractivity contribution in [1.29, 1.82) is 0 Å². The highest BCUT2D eigenvalue weighted by atomic mass is 35.5. The van der Waals surface area contributed by atoms with Crippen LogP contribution < -0.4 is 5.32 Å². The van der Waals surface area contributed by atoms with Crippen LogP contribution in [0.2, 0.25) is 10.0 Å². The molecule has 0 aliphatic carbocycles. The van der Waals surface area contributed by atoms with E-state index in [9.17, 15) is 14.4 Å². The van der Waals surface area contributed by atoms with Gasteiger partial charge in [0.2, 0.25) is 18.2 Å². The third kappa shape index (κ3) is 4.35. The number of hydrogen-bond donors (Lipinski definition) is 1. The molecular weight excluding hydrogens is 329 g/mol. The summed E-state index contributed by atoms with van der Waals surface area (Å²) >= 11 is 11.7. The molecule has 3 amide bonds. The van der Waals surface area contributed by atoms with Gasteiger partial charge in [0.1, 0.15) is 6.42 Å². The van der Waals surface area contributed by atoms with Gasteiger partial charge in [-0.05, 0) is 18.2 Å². The van der Waals surface area contributed by atoms with Crippen LogP contribution in [0.3, 0.4) is 0 Å². The molecule has 0 unspecified atom stereocenters. The summed E-state index contributed by atoms with van der Waals surface area (Å²) in [4.78, 5) is 37.7. The van der Waals surface area contributed by atoms with Gasteiger partial charge in [0.25, 0.3) is 0 Å². The van der Waals surface area contributed by atoms with E-state index in [1.165, 1.54) is 6.07 Å². The molecule has 118 valence electrons. The van der Waals surface area contributed by atoms with Gasteiger partial charge >= 0.3 is 0 Å². The number of piperazine rings is 1. The molecule has 1 aliphatic heterocycles. The molecule has 0 bridgehead atoms. The molecule has 1 fully saturated rings. The van der Waals surface area contributed by atoms with Crippen LogP contribution in [-0.4, -0.2) is 54.2 Å². The third-order valence-corrected chi connectivity index (χ3v) is 4.07. The summed E-state index contributed by atoms with van der Waals surface area (Å²) in [5.74, 6) is -0.677. The zero-order valence-electron chi connectivity index (χ0n) is 11.7. The maximum atomic E-state index is 12.0. The summed E-state index contributed by atoms with van der Waals surface area (Å²) in [5, 5.41) is 3.33. The second-order valence-electron chi connectivity index (χ2n) is 4.88.